The second kappa shape index (κ2) is 14.2. The summed E-state index contributed by atoms with van der Waals surface area (Å²) in [6.45, 7) is 11.5. The number of amidine groups is 1. The maximum atomic E-state index is 12.8. The van der Waals surface area contributed by atoms with Crippen LogP contribution in [0.1, 0.15) is 81.6 Å². The van der Waals surface area contributed by atoms with Gasteiger partial charge < -0.3 is 15.3 Å². The molecule has 2 N–H and O–H groups in total. The van der Waals surface area contributed by atoms with Gasteiger partial charge >= 0.3 is 12.1 Å². The minimum Gasteiger partial charge on any atom is -0.478 e. The lowest BCUT2D eigenvalue weighted by Gasteiger charge is -2.23. The minimum absolute atomic E-state index is 0.00167. The van der Waals surface area contributed by atoms with Crippen LogP contribution in [-0.2, 0) is 17.4 Å². The number of carbonyl (C=O) groups is 2. The number of nitro groups is 2. The van der Waals surface area contributed by atoms with Gasteiger partial charge in [-0.05, 0) is 43.7 Å². The molecule has 3 rings (SSSR count). The third-order valence-electron chi connectivity index (χ3n) is 7.06. The van der Waals surface area contributed by atoms with Crippen molar-refractivity contribution < 1.29 is 37.7 Å². The normalized spacial score (nSPS) is 16.1. The average Bonchev–Trinajstić information content (AvgIpc) is 3.26. The lowest BCUT2D eigenvalue weighted by Crippen LogP contribution is -2.41. The van der Waals surface area contributed by atoms with Crippen molar-refractivity contribution in [3.8, 4) is 0 Å². The fourth-order valence-corrected chi connectivity index (χ4v) is 4.35. The van der Waals surface area contributed by atoms with Gasteiger partial charge in [0.1, 0.15) is 11.2 Å². The van der Waals surface area contributed by atoms with E-state index in [-0.39, 0.29) is 47.7 Å². The van der Waals surface area contributed by atoms with Crippen LogP contribution in [-0.4, -0.2) is 56.3 Å². The average molecular weight is 625 g/mol. The van der Waals surface area contributed by atoms with Crippen molar-refractivity contribution in [2.75, 3.05) is 18.0 Å². The number of nitrogens with one attached hydrogen (secondary N) is 1. The van der Waals surface area contributed by atoms with Gasteiger partial charge in [0, 0.05) is 31.4 Å². The molecule has 1 aliphatic heterocycles. The summed E-state index contributed by atoms with van der Waals surface area (Å²) in [5.74, 6) is -1.08. The van der Waals surface area contributed by atoms with Gasteiger partial charge in [-0.1, -0.05) is 34.6 Å². The SMILES string of the molecule is CCCN(CCC)c1c([N+](=O)[O-])cc(C(F)(F)F)cc1[N+](=O)[O-].CCc1cnc(C2=NC(C)(C(C)C)C(=O)N2)c(C(=O)O)c1. The summed E-state index contributed by atoms with van der Waals surface area (Å²) in [6, 6.07) is 2.27. The highest BCUT2D eigenvalue weighted by atomic mass is 19.4. The van der Waals surface area contributed by atoms with E-state index in [1.165, 1.54) is 4.90 Å². The fraction of sp³-hybridized carbons (Fsp3) is 0.500. The molecular weight excluding hydrogens is 589 g/mol. The summed E-state index contributed by atoms with van der Waals surface area (Å²) in [7, 11) is 0. The van der Waals surface area contributed by atoms with Crippen molar-refractivity contribution in [1.29, 1.82) is 0 Å². The molecule has 0 saturated heterocycles. The van der Waals surface area contributed by atoms with Crippen LogP contribution in [0.3, 0.4) is 0 Å². The summed E-state index contributed by atoms with van der Waals surface area (Å²) < 4.78 is 38.5. The van der Waals surface area contributed by atoms with E-state index in [0.717, 1.165) is 5.56 Å². The van der Waals surface area contributed by atoms with Crippen molar-refractivity contribution in [1.82, 2.24) is 10.3 Å². The molecule has 0 spiro atoms. The third-order valence-corrected chi connectivity index (χ3v) is 7.06. The molecule has 2 heterocycles. The van der Waals surface area contributed by atoms with E-state index in [1.54, 1.807) is 33.0 Å². The molecule has 1 aromatic carbocycles. The zero-order chi connectivity index (χ0) is 33.6. The highest BCUT2D eigenvalue weighted by molar-refractivity contribution is 6.17. The summed E-state index contributed by atoms with van der Waals surface area (Å²) in [6.07, 6.45) is -1.53. The summed E-state index contributed by atoms with van der Waals surface area (Å²) in [4.78, 5) is 53.8. The van der Waals surface area contributed by atoms with Crippen LogP contribution in [0.4, 0.5) is 30.2 Å². The van der Waals surface area contributed by atoms with Crippen LogP contribution in [0.25, 0.3) is 0 Å². The molecule has 1 aliphatic rings. The van der Waals surface area contributed by atoms with Crippen LogP contribution in [0, 0.1) is 26.1 Å². The molecule has 0 aliphatic carbocycles. The molecule has 44 heavy (non-hydrogen) atoms. The van der Waals surface area contributed by atoms with Gasteiger partial charge in [0.2, 0.25) is 0 Å². The highest BCUT2D eigenvalue weighted by Gasteiger charge is 2.43. The van der Waals surface area contributed by atoms with Crippen LogP contribution < -0.4 is 10.2 Å². The largest absolute Gasteiger partial charge is 0.478 e. The van der Waals surface area contributed by atoms with E-state index in [0.29, 0.717) is 31.4 Å². The standard InChI is InChI=1S/C15H19N3O3.C13H16F3N3O4/c1-5-9-6-10(13(19)20)11(16-7-9)12-17-14(21)15(4,18-12)8(2)3;1-3-5-17(6-4-2)12-10(18(20)21)7-9(13(14,15)16)8-11(12)19(22)23/h6-8H,5H2,1-4H3,(H,19,20)(H,17,18,21);7-8H,3-6H2,1-2H3. The number of carbonyl (C=O) groups excluding carboxylic acids is 1. The number of halogens is 3. The summed E-state index contributed by atoms with van der Waals surface area (Å²) in [5, 5.41) is 34.4. The monoisotopic (exact) mass is 624 g/mol. The number of anilines is 1. The van der Waals surface area contributed by atoms with E-state index in [2.05, 4.69) is 15.3 Å². The first-order valence-corrected chi connectivity index (χ1v) is 13.9. The Morgan fingerprint density at radius 1 is 1.07 bits per heavy atom. The van der Waals surface area contributed by atoms with Crippen molar-refractivity contribution >= 4 is 34.8 Å². The number of aryl methyl sites for hydroxylation is 1. The Balaban J connectivity index is 0.000000308. The first kappa shape index (κ1) is 35.6. The smallest absolute Gasteiger partial charge is 0.416 e. The first-order chi connectivity index (χ1) is 20.4. The first-order valence-electron chi connectivity index (χ1n) is 13.9. The van der Waals surface area contributed by atoms with Gasteiger partial charge in [-0.2, -0.15) is 13.2 Å². The Hall–Kier alpha value is -4.63. The Bertz CT molecular complexity index is 1420. The maximum absolute atomic E-state index is 12.8. The number of carboxylic acids is 1. The molecule has 1 unspecified atom stereocenters. The van der Waals surface area contributed by atoms with E-state index in [4.69, 9.17) is 0 Å². The molecule has 0 bridgehead atoms. The topological polar surface area (TPSA) is 181 Å². The van der Waals surface area contributed by atoms with Crippen molar-refractivity contribution in [2.24, 2.45) is 10.9 Å². The summed E-state index contributed by atoms with van der Waals surface area (Å²) in [5.41, 5.74) is -3.41. The molecule has 16 heteroatoms. The molecular formula is C28H35F3N6O7. The number of alkyl halides is 3. The summed E-state index contributed by atoms with van der Waals surface area (Å²) >= 11 is 0. The molecule has 0 saturated carbocycles. The number of rotatable bonds is 11. The Kier molecular flexibility index (Phi) is 11.5. The van der Waals surface area contributed by atoms with E-state index < -0.39 is 44.5 Å². The van der Waals surface area contributed by atoms with Gasteiger partial charge in [-0.25, -0.2) is 9.79 Å². The predicted octanol–water partition coefficient (Wildman–Crippen LogP) is 5.78. The van der Waals surface area contributed by atoms with Gasteiger partial charge in [-0.3, -0.25) is 30.0 Å². The number of aromatic nitrogens is 1. The van der Waals surface area contributed by atoms with E-state index in [9.17, 15) is 48.1 Å². The van der Waals surface area contributed by atoms with Gasteiger partial charge in [0.15, 0.2) is 11.5 Å². The van der Waals surface area contributed by atoms with Crippen molar-refractivity contribution in [3.05, 3.63) is 67.0 Å². The van der Waals surface area contributed by atoms with Gasteiger partial charge in [-0.15, -0.1) is 0 Å². The number of pyridine rings is 1. The van der Waals surface area contributed by atoms with Crippen LogP contribution in [0.5, 0.6) is 0 Å². The van der Waals surface area contributed by atoms with Crippen LogP contribution >= 0.6 is 0 Å². The van der Waals surface area contributed by atoms with E-state index in [1.807, 2.05) is 20.8 Å². The van der Waals surface area contributed by atoms with Gasteiger partial charge in [0.25, 0.3) is 17.3 Å². The Morgan fingerprint density at radius 2 is 1.59 bits per heavy atom. The molecule has 13 nitrogen and oxygen atoms in total. The second-order valence-corrected chi connectivity index (χ2v) is 10.5. The van der Waals surface area contributed by atoms with Crippen molar-refractivity contribution in [3.63, 3.8) is 0 Å². The number of benzene rings is 1. The molecule has 240 valence electrons. The lowest BCUT2D eigenvalue weighted by molar-refractivity contribution is -0.393. The van der Waals surface area contributed by atoms with Crippen molar-refractivity contribution in [2.45, 2.75) is 72.5 Å². The number of nitrogens with zero attached hydrogens (tertiary/aromatic N) is 5. The highest BCUT2D eigenvalue weighted by Crippen LogP contribution is 2.43. The number of hydrogen-bond donors (Lipinski definition) is 2. The quantitative estimate of drug-likeness (QED) is 0.231. The van der Waals surface area contributed by atoms with Crippen LogP contribution in [0.15, 0.2) is 29.4 Å². The molecule has 0 fully saturated rings. The second-order valence-electron chi connectivity index (χ2n) is 10.5. The number of hydrogen-bond acceptors (Lipinski definition) is 9. The van der Waals surface area contributed by atoms with Gasteiger partial charge in [0.05, 0.1) is 21.0 Å². The number of aromatic carboxylic acids is 1. The number of carboxylic acid groups (broad SMARTS) is 1. The Labute approximate surface area is 251 Å². The zero-order valence-corrected chi connectivity index (χ0v) is 25.2. The Morgan fingerprint density at radius 3 is 1.95 bits per heavy atom. The maximum Gasteiger partial charge on any atom is 0.416 e. The molecule has 1 amide bonds. The number of aliphatic imine (C=N–C) groups is 1. The lowest BCUT2D eigenvalue weighted by atomic mass is 9.89. The van der Waals surface area contributed by atoms with E-state index >= 15 is 0 Å². The predicted molar refractivity (Wildman–Crippen MR) is 156 cm³/mol. The molecule has 0 radical (unpaired) electrons. The zero-order valence-electron chi connectivity index (χ0n) is 25.2. The fourth-order valence-electron chi connectivity index (χ4n) is 4.35. The molecule has 1 atom stereocenters. The molecule has 2 aromatic rings. The number of amides is 1. The number of nitro benzene ring substituents is 2. The minimum atomic E-state index is -4.91. The third kappa shape index (κ3) is 7.85. The van der Waals surface area contributed by atoms with Crippen LogP contribution in [0.2, 0.25) is 0 Å². The molecule has 1 aromatic heterocycles.